The van der Waals surface area contributed by atoms with E-state index < -0.39 is 5.60 Å². The maximum absolute atomic E-state index is 11.0. The van der Waals surface area contributed by atoms with E-state index in [1.807, 2.05) is 6.07 Å². The zero-order chi connectivity index (χ0) is 24.8. The molecule has 0 bridgehead atoms. The van der Waals surface area contributed by atoms with Gasteiger partial charge in [0.15, 0.2) is 0 Å². The summed E-state index contributed by atoms with van der Waals surface area (Å²) in [5.74, 6) is 3.98. The second-order valence-electron chi connectivity index (χ2n) is 13.6. The summed E-state index contributed by atoms with van der Waals surface area (Å²) in [6.07, 6.45) is 15.9. The Kier molecular flexibility index (Phi) is 7.03. The average molecular weight is 479 g/mol. The van der Waals surface area contributed by atoms with Crippen LogP contribution in [0.2, 0.25) is 0 Å². The van der Waals surface area contributed by atoms with E-state index in [1.54, 1.807) is 5.57 Å². The van der Waals surface area contributed by atoms with Crippen molar-refractivity contribution in [2.75, 3.05) is 0 Å². The molecule has 194 valence electrons. The van der Waals surface area contributed by atoms with Gasteiger partial charge < -0.3 is 10.2 Å². The molecule has 0 saturated heterocycles. The molecule has 3 saturated carbocycles. The summed E-state index contributed by atoms with van der Waals surface area (Å²) in [6, 6.07) is 10.5. The molecule has 9 atom stereocenters. The Bertz CT molecular complexity index is 907. The molecule has 1 aromatic rings. The van der Waals surface area contributed by atoms with E-state index in [-0.39, 0.29) is 6.10 Å². The fraction of sp³-hybridized carbons (Fsp3) is 0.758. The van der Waals surface area contributed by atoms with Crippen LogP contribution in [0.4, 0.5) is 0 Å². The molecular formula is C33H50O2. The first kappa shape index (κ1) is 25.5. The van der Waals surface area contributed by atoms with E-state index >= 15 is 0 Å². The van der Waals surface area contributed by atoms with Crippen LogP contribution in [0.5, 0.6) is 0 Å². The third-order valence-corrected chi connectivity index (χ3v) is 11.9. The zero-order valence-corrected chi connectivity index (χ0v) is 22.8. The predicted octanol–water partition coefficient (Wildman–Crippen LogP) is 7.73. The first-order valence-corrected chi connectivity index (χ1v) is 14.8. The molecule has 2 N–H and O–H groups in total. The monoisotopic (exact) mass is 478 g/mol. The van der Waals surface area contributed by atoms with Crippen molar-refractivity contribution in [1.29, 1.82) is 0 Å². The molecule has 0 aromatic heterocycles. The lowest BCUT2D eigenvalue weighted by atomic mass is 9.46. The Morgan fingerprint density at radius 1 is 0.971 bits per heavy atom. The number of hydrogen-bond donors (Lipinski definition) is 2. The Morgan fingerprint density at radius 3 is 2.49 bits per heavy atom. The quantitative estimate of drug-likeness (QED) is 0.394. The second-order valence-corrected chi connectivity index (χ2v) is 13.6. The highest BCUT2D eigenvalue weighted by Gasteiger charge is 2.59. The van der Waals surface area contributed by atoms with Crippen LogP contribution in [0, 0.1) is 40.4 Å². The Balaban J connectivity index is 1.24. The zero-order valence-electron chi connectivity index (χ0n) is 22.8. The first-order chi connectivity index (χ1) is 16.7. The lowest BCUT2D eigenvalue weighted by molar-refractivity contribution is -0.0757. The van der Waals surface area contributed by atoms with Crippen molar-refractivity contribution in [1.82, 2.24) is 0 Å². The first-order valence-electron chi connectivity index (χ1n) is 14.8. The van der Waals surface area contributed by atoms with Crippen molar-refractivity contribution in [2.45, 2.75) is 116 Å². The summed E-state index contributed by atoms with van der Waals surface area (Å²) in [5, 5.41) is 21.7. The number of aliphatic hydroxyl groups is 2. The van der Waals surface area contributed by atoms with Crippen molar-refractivity contribution in [2.24, 2.45) is 40.4 Å². The standard InChI is InChI=1S/C33H50O2/c1-5-33(35)20-19-31(3)25(22-33)12-14-27-29-16-15-28(32(29,4)18-17-30(27)31)23(2)11-13-26(34)21-24-9-7-6-8-10-24/h6-10,12,23,26-30,34-35H,5,11,13-22H2,1-4H3/t23-,26?,27+,28-,29+,30+,31+,32-,33+/m1/s1. The van der Waals surface area contributed by atoms with E-state index in [4.69, 9.17) is 0 Å². The van der Waals surface area contributed by atoms with Gasteiger partial charge in [-0.25, -0.2) is 0 Å². The molecular weight excluding hydrogens is 428 g/mol. The Morgan fingerprint density at radius 2 is 1.74 bits per heavy atom. The van der Waals surface area contributed by atoms with Crippen LogP contribution in [0.3, 0.4) is 0 Å². The van der Waals surface area contributed by atoms with Gasteiger partial charge in [0.2, 0.25) is 0 Å². The molecule has 0 amide bonds. The van der Waals surface area contributed by atoms with E-state index in [0.29, 0.717) is 16.7 Å². The molecule has 0 heterocycles. The van der Waals surface area contributed by atoms with E-state index in [1.165, 1.54) is 44.1 Å². The van der Waals surface area contributed by atoms with Crippen molar-refractivity contribution >= 4 is 0 Å². The van der Waals surface area contributed by atoms with Crippen LogP contribution in [-0.4, -0.2) is 21.9 Å². The van der Waals surface area contributed by atoms with Gasteiger partial charge in [-0.2, -0.15) is 0 Å². The Hall–Kier alpha value is -1.12. The van der Waals surface area contributed by atoms with Gasteiger partial charge in [-0.1, -0.05) is 69.7 Å². The van der Waals surface area contributed by atoms with Gasteiger partial charge in [0.25, 0.3) is 0 Å². The molecule has 4 aliphatic carbocycles. The highest BCUT2D eigenvalue weighted by Crippen LogP contribution is 2.67. The SMILES string of the molecule is CC[C@]1(O)CC[C@@]2(C)C(=CC[C@H]3[C@@H]4CC[C@H]([C@H](C)CCC(O)Cc5ccccc5)[C@@]4(C)CC[C@@H]32)C1. The molecule has 0 aliphatic heterocycles. The van der Waals surface area contributed by atoms with Crippen molar-refractivity contribution < 1.29 is 10.2 Å². The van der Waals surface area contributed by atoms with Crippen molar-refractivity contribution in [3.05, 3.63) is 47.5 Å². The Labute approximate surface area is 214 Å². The predicted molar refractivity (Wildman–Crippen MR) is 145 cm³/mol. The summed E-state index contributed by atoms with van der Waals surface area (Å²) < 4.78 is 0. The molecule has 2 heteroatoms. The highest BCUT2D eigenvalue weighted by atomic mass is 16.3. The van der Waals surface area contributed by atoms with Gasteiger partial charge in [0.05, 0.1) is 11.7 Å². The van der Waals surface area contributed by atoms with Crippen LogP contribution >= 0.6 is 0 Å². The summed E-state index contributed by atoms with van der Waals surface area (Å²) in [6.45, 7) is 9.82. The fourth-order valence-electron chi connectivity index (χ4n) is 9.63. The molecule has 5 rings (SSSR count). The van der Waals surface area contributed by atoms with Gasteiger partial charge in [0.1, 0.15) is 0 Å². The number of hydrogen-bond acceptors (Lipinski definition) is 2. The maximum atomic E-state index is 11.0. The minimum atomic E-state index is -0.458. The van der Waals surface area contributed by atoms with Gasteiger partial charge in [-0.15, -0.1) is 0 Å². The lowest BCUT2D eigenvalue weighted by Crippen LogP contribution is -2.52. The number of fused-ring (bicyclic) bond motifs is 5. The molecule has 1 unspecified atom stereocenters. The molecule has 4 aliphatic rings. The summed E-state index contributed by atoms with van der Waals surface area (Å²) in [4.78, 5) is 0. The minimum absolute atomic E-state index is 0.226. The van der Waals surface area contributed by atoms with Crippen LogP contribution < -0.4 is 0 Å². The van der Waals surface area contributed by atoms with Crippen molar-refractivity contribution in [3.8, 4) is 0 Å². The van der Waals surface area contributed by atoms with Crippen LogP contribution in [0.15, 0.2) is 42.0 Å². The molecule has 1 aromatic carbocycles. The van der Waals surface area contributed by atoms with Crippen LogP contribution in [-0.2, 0) is 6.42 Å². The van der Waals surface area contributed by atoms with Crippen molar-refractivity contribution in [3.63, 3.8) is 0 Å². The van der Waals surface area contributed by atoms with Crippen LogP contribution in [0.25, 0.3) is 0 Å². The second kappa shape index (κ2) is 9.64. The van der Waals surface area contributed by atoms with Crippen LogP contribution in [0.1, 0.15) is 104 Å². The van der Waals surface area contributed by atoms with Gasteiger partial charge in [-0.3, -0.25) is 0 Å². The number of allylic oxidation sites excluding steroid dienone is 1. The molecule has 2 nitrogen and oxygen atoms in total. The summed E-state index contributed by atoms with van der Waals surface area (Å²) in [5.41, 5.74) is 3.16. The van der Waals surface area contributed by atoms with Gasteiger partial charge in [-0.05, 0) is 123 Å². The molecule has 3 fully saturated rings. The van der Waals surface area contributed by atoms with Gasteiger partial charge in [0, 0.05) is 0 Å². The molecule has 35 heavy (non-hydrogen) atoms. The number of aliphatic hydroxyl groups excluding tert-OH is 1. The number of benzene rings is 1. The molecule has 0 radical (unpaired) electrons. The number of rotatable bonds is 7. The molecule has 0 spiro atoms. The minimum Gasteiger partial charge on any atom is -0.393 e. The van der Waals surface area contributed by atoms with E-state index in [2.05, 4.69) is 58.0 Å². The smallest absolute Gasteiger partial charge is 0.0682 e. The largest absolute Gasteiger partial charge is 0.393 e. The fourth-order valence-corrected chi connectivity index (χ4v) is 9.63. The average Bonchev–Trinajstić information content (AvgIpc) is 3.21. The topological polar surface area (TPSA) is 40.5 Å². The lowest BCUT2D eigenvalue weighted by Gasteiger charge is -2.59. The van der Waals surface area contributed by atoms with Gasteiger partial charge >= 0.3 is 0 Å². The van der Waals surface area contributed by atoms with E-state index in [0.717, 1.165) is 62.2 Å². The highest BCUT2D eigenvalue weighted by molar-refractivity contribution is 5.27. The maximum Gasteiger partial charge on any atom is 0.0682 e. The third kappa shape index (κ3) is 4.56. The summed E-state index contributed by atoms with van der Waals surface area (Å²) in [7, 11) is 0. The normalized spacial score (nSPS) is 42.4. The van der Waals surface area contributed by atoms with E-state index in [9.17, 15) is 10.2 Å². The third-order valence-electron chi connectivity index (χ3n) is 11.9. The summed E-state index contributed by atoms with van der Waals surface area (Å²) >= 11 is 0.